The summed E-state index contributed by atoms with van der Waals surface area (Å²) in [5.74, 6) is 1.52. The van der Waals surface area contributed by atoms with E-state index in [1.165, 1.54) is 11.1 Å². The van der Waals surface area contributed by atoms with Gasteiger partial charge in [0.25, 0.3) is 0 Å². The fraction of sp³-hybridized carbons (Fsp3) is 0.855. The summed E-state index contributed by atoms with van der Waals surface area (Å²) in [6.45, 7) is 35.1. The van der Waals surface area contributed by atoms with Crippen molar-refractivity contribution < 1.29 is 30.0 Å². The van der Waals surface area contributed by atoms with Gasteiger partial charge in [-0.05, 0) is 212 Å². The first-order valence-electron chi connectivity index (χ1n) is 33.2. The lowest BCUT2D eigenvalue weighted by atomic mass is 9.33. The molecule has 83 heavy (non-hydrogen) atoms. The van der Waals surface area contributed by atoms with Crippen molar-refractivity contribution in [1.82, 2.24) is 40.6 Å². The van der Waals surface area contributed by atoms with Crippen LogP contribution in [0.15, 0.2) is 35.7 Å². The van der Waals surface area contributed by atoms with Crippen LogP contribution in [-0.2, 0) is 35.8 Å². The van der Waals surface area contributed by atoms with Crippen LogP contribution in [0, 0.1) is 100 Å². The van der Waals surface area contributed by atoms with Gasteiger partial charge in [-0.1, -0.05) is 131 Å². The minimum atomic E-state index is -0.917. The molecule has 0 aromatic carbocycles. The molecule has 0 saturated heterocycles. The monoisotopic (exact) mass is 1140 g/mol. The Hall–Kier alpha value is -3.46. The van der Waals surface area contributed by atoms with E-state index in [2.05, 4.69) is 140 Å². The van der Waals surface area contributed by atoms with E-state index in [0.29, 0.717) is 80.3 Å². The molecular weight excluding hydrogens is 1040 g/mol. The van der Waals surface area contributed by atoms with E-state index >= 15 is 0 Å². The molecular formula is C69H108N8O6. The van der Waals surface area contributed by atoms with Gasteiger partial charge in [0.05, 0.1) is 60.7 Å². The maximum absolute atomic E-state index is 15.0. The number of nitrogens with one attached hydrogen (secondary N) is 2. The van der Waals surface area contributed by atoms with Crippen LogP contribution in [0.3, 0.4) is 0 Å². The Kier molecular flexibility index (Phi) is 14.1. The number of carbonyl (C=O) groups excluding carboxylic acids is 2. The summed E-state index contributed by atoms with van der Waals surface area (Å²) < 4.78 is 3.63. The lowest BCUT2D eigenvalue weighted by Crippen LogP contribution is -2.68. The van der Waals surface area contributed by atoms with Gasteiger partial charge < -0.3 is 31.1 Å². The van der Waals surface area contributed by atoms with Crippen LogP contribution >= 0.6 is 0 Å². The second-order valence-electron chi connectivity index (χ2n) is 34.4. The molecule has 2 aromatic heterocycles. The molecule has 8 fully saturated rings. The molecule has 12 rings (SSSR count). The number of nitrogens with zero attached hydrogens (tertiary/aromatic N) is 6. The first kappa shape index (κ1) is 59.9. The predicted octanol–water partition coefficient (Wildman–Crippen LogP) is 11.5. The number of aliphatic hydroxyl groups is 4. The highest BCUT2D eigenvalue weighted by molar-refractivity contribution is 5.85. The van der Waals surface area contributed by atoms with Crippen LogP contribution in [-0.4, -0.2) is 86.6 Å². The van der Waals surface area contributed by atoms with Crippen molar-refractivity contribution in [2.75, 3.05) is 0 Å². The zero-order valence-electron chi connectivity index (χ0n) is 53.6. The number of aryl methyl sites for hydroxylation is 2. The average molecular weight is 1150 g/mol. The van der Waals surface area contributed by atoms with E-state index < -0.39 is 23.0 Å². The second kappa shape index (κ2) is 19.5. The summed E-state index contributed by atoms with van der Waals surface area (Å²) in [6.07, 6.45) is 23.5. The van der Waals surface area contributed by atoms with Crippen molar-refractivity contribution in [1.29, 1.82) is 0 Å². The maximum atomic E-state index is 15.0. The second-order valence-corrected chi connectivity index (χ2v) is 34.4. The van der Waals surface area contributed by atoms with Crippen molar-refractivity contribution in [3.8, 4) is 0 Å². The van der Waals surface area contributed by atoms with E-state index in [0.717, 1.165) is 89.9 Å². The van der Waals surface area contributed by atoms with Crippen LogP contribution in [0.4, 0.5) is 0 Å². The van der Waals surface area contributed by atoms with Crippen molar-refractivity contribution >= 4 is 11.8 Å². The molecule has 2 amide bonds. The van der Waals surface area contributed by atoms with Crippen molar-refractivity contribution in [3.63, 3.8) is 0 Å². The third-order valence-electron chi connectivity index (χ3n) is 29.0. The van der Waals surface area contributed by atoms with E-state index in [-0.39, 0.29) is 103 Å². The SMILES string of the molecule is CC1(C)CC[C@@]2(C(=O)NCc3cn(CCCn4cc(CNC(=O)[C@]56CCC(C)(C)CC5C5=CCC7[C@@]8(C)CC[C@H](O)C(C)(C)C8CC[C@@]7(C)[C@]5(C)C[C@H]6O)nn4)nn3)C(C1)C1=CCC3[C@@]4(C)CC[C@H](O)C(C)(C)C4CC[C@@]3(C)[C@]1(C)C[C@H]2O. The molecule has 2 heterocycles. The Morgan fingerprint density at radius 2 is 0.880 bits per heavy atom. The van der Waals surface area contributed by atoms with E-state index in [9.17, 15) is 30.0 Å². The van der Waals surface area contributed by atoms with Crippen LogP contribution in [0.1, 0.15) is 230 Å². The number of hydrogen-bond acceptors (Lipinski definition) is 10. The third-order valence-corrected chi connectivity index (χ3v) is 29.0. The Labute approximate surface area is 497 Å². The molecule has 8 saturated carbocycles. The van der Waals surface area contributed by atoms with Crippen molar-refractivity contribution in [2.45, 2.75) is 270 Å². The zero-order valence-corrected chi connectivity index (χ0v) is 53.6. The Balaban J connectivity index is 0.677. The highest BCUT2D eigenvalue weighted by atomic mass is 16.3. The molecule has 2 aromatic rings. The molecule has 14 heteroatoms. The summed E-state index contributed by atoms with van der Waals surface area (Å²) in [7, 11) is 0. The number of aliphatic hydroxyl groups excluding tert-OH is 4. The van der Waals surface area contributed by atoms with Gasteiger partial charge in [0.15, 0.2) is 0 Å². The van der Waals surface area contributed by atoms with Crippen LogP contribution in [0.5, 0.6) is 0 Å². The van der Waals surface area contributed by atoms with Gasteiger partial charge in [-0.2, -0.15) is 0 Å². The van der Waals surface area contributed by atoms with Gasteiger partial charge in [-0.15, -0.1) is 10.2 Å². The first-order valence-corrected chi connectivity index (χ1v) is 33.2. The van der Waals surface area contributed by atoms with Gasteiger partial charge in [0.1, 0.15) is 11.4 Å². The topological polar surface area (TPSA) is 201 Å². The summed E-state index contributed by atoms with van der Waals surface area (Å²) >= 11 is 0. The highest BCUT2D eigenvalue weighted by Gasteiger charge is 2.73. The summed E-state index contributed by atoms with van der Waals surface area (Å²) in [5, 5.41) is 72.4. The van der Waals surface area contributed by atoms with E-state index in [1.807, 2.05) is 21.8 Å². The lowest BCUT2D eigenvalue weighted by Gasteiger charge is -2.71. The molecule has 10 aliphatic carbocycles. The normalized spacial score (nSPS) is 46.1. The lowest BCUT2D eigenvalue weighted by molar-refractivity contribution is -0.215. The third kappa shape index (κ3) is 8.51. The molecule has 0 aliphatic heterocycles. The fourth-order valence-corrected chi connectivity index (χ4v) is 23.6. The summed E-state index contributed by atoms with van der Waals surface area (Å²) in [6, 6.07) is 0. The number of carbonyl (C=O) groups is 2. The number of amides is 2. The molecule has 10 aliphatic rings. The quantitative estimate of drug-likeness (QED) is 0.124. The zero-order chi connectivity index (χ0) is 59.7. The van der Waals surface area contributed by atoms with Crippen molar-refractivity contribution in [3.05, 3.63) is 47.1 Å². The number of allylic oxidation sites excluding steroid dienone is 4. The van der Waals surface area contributed by atoms with Crippen LogP contribution in [0.25, 0.3) is 0 Å². The highest BCUT2D eigenvalue weighted by Crippen LogP contribution is 2.78. The number of rotatable bonds is 10. The summed E-state index contributed by atoms with van der Waals surface area (Å²) in [4.78, 5) is 30.0. The van der Waals surface area contributed by atoms with Gasteiger partial charge in [0.2, 0.25) is 11.8 Å². The van der Waals surface area contributed by atoms with Gasteiger partial charge in [-0.25, -0.2) is 0 Å². The molecule has 6 unspecified atom stereocenters. The molecule has 0 bridgehead atoms. The van der Waals surface area contributed by atoms with E-state index in [1.54, 1.807) is 0 Å². The first-order chi connectivity index (χ1) is 38.7. The molecule has 6 N–H and O–H groups in total. The molecule has 14 nitrogen and oxygen atoms in total. The van der Waals surface area contributed by atoms with Gasteiger partial charge in [0, 0.05) is 13.1 Å². The summed E-state index contributed by atoms with van der Waals surface area (Å²) in [5.41, 5.74) is 1.80. The van der Waals surface area contributed by atoms with Gasteiger partial charge in [-0.3, -0.25) is 19.0 Å². The Morgan fingerprint density at radius 1 is 0.494 bits per heavy atom. The minimum absolute atomic E-state index is 0.0326. The Morgan fingerprint density at radius 3 is 1.27 bits per heavy atom. The molecule has 0 spiro atoms. The minimum Gasteiger partial charge on any atom is -0.393 e. The Bertz CT molecular complexity index is 2750. The van der Waals surface area contributed by atoms with Crippen LogP contribution in [0.2, 0.25) is 0 Å². The van der Waals surface area contributed by atoms with E-state index in [4.69, 9.17) is 0 Å². The van der Waals surface area contributed by atoms with Crippen molar-refractivity contribution in [2.24, 2.45) is 100 Å². The number of aromatic nitrogens is 6. The average Bonchev–Trinajstić information content (AvgIpc) is 1.14. The van der Waals surface area contributed by atoms with Crippen LogP contribution < -0.4 is 10.6 Å². The predicted molar refractivity (Wildman–Crippen MR) is 321 cm³/mol. The molecule has 0 radical (unpaired) electrons. The number of hydrogen-bond donors (Lipinski definition) is 6. The molecule has 460 valence electrons. The maximum Gasteiger partial charge on any atom is 0.229 e. The fourth-order valence-electron chi connectivity index (χ4n) is 23.6. The largest absolute Gasteiger partial charge is 0.393 e. The molecule has 18 atom stereocenters. The smallest absolute Gasteiger partial charge is 0.229 e. The van der Waals surface area contributed by atoms with Gasteiger partial charge >= 0.3 is 0 Å². The standard InChI is InChI=1S/C69H108N8O6/c1-58(2)28-30-68(46(34-58)44-16-18-50-62(9)24-22-52(78)60(5,6)48(62)20-26-64(50,11)66(44,13)36-54(68)80)56(82)70-38-42-40-76(74-72-42)32-15-33-77-41-43(73-75-77)39-71-57(83)69-31-29-59(3,4)35-47(69)45-17-19-51-63(10)25-23-53(79)61(7,8)49(63)21-27-65(51,12)67(45,14)37-55(69)81/h16-17,40-41,46-55,78-81H,15,18-39H2,1-14H3,(H,70,82)(H,71,83)/t46?,47?,48?,49?,50?,51?,52-,53-,54+,55+,62-,63-,64+,65+,66+,67+,68+,69+/m0/s1. The number of fused-ring (bicyclic) bond motifs is 14.